The summed E-state index contributed by atoms with van der Waals surface area (Å²) in [6, 6.07) is -3.52. The third kappa shape index (κ3) is 7.28. The highest BCUT2D eigenvalue weighted by Gasteiger charge is 2.38. The molecule has 3 amide bonds. The van der Waals surface area contributed by atoms with Gasteiger partial charge in [0.2, 0.25) is 17.7 Å². The molecule has 11 nitrogen and oxygen atoms in total. The molecule has 0 saturated carbocycles. The summed E-state index contributed by atoms with van der Waals surface area (Å²) in [6.07, 6.45) is 4.82. The van der Waals surface area contributed by atoms with Crippen molar-refractivity contribution >= 4 is 23.7 Å². The number of aliphatic carboxylic acids is 1. The summed E-state index contributed by atoms with van der Waals surface area (Å²) in [5.41, 5.74) is 6.81. The zero-order valence-electron chi connectivity index (χ0n) is 19.7. The van der Waals surface area contributed by atoms with Crippen LogP contribution in [0.3, 0.4) is 0 Å². The van der Waals surface area contributed by atoms with Crippen LogP contribution in [0.1, 0.15) is 52.7 Å². The third-order valence-corrected chi connectivity index (χ3v) is 5.72. The molecule has 184 valence electrons. The van der Waals surface area contributed by atoms with Gasteiger partial charge in [-0.05, 0) is 31.1 Å². The molecule has 4 unspecified atom stereocenters. The first-order chi connectivity index (χ1) is 15.5. The fraction of sp³-hybridized carbons (Fsp3) is 0.682. The van der Waals surface area contributed by atoms with Crippen LogP contribution < -0.4 is 16.4 Å². The molecule has 0 bridgehead atoms. The lowest BCUT2D eigenvalue weighted by atomic mass is 10.00. The maximum Gasteiger partial charge on any atom is 0.326 e. The molecule has 0 aliphatic carbocycles. The van der Waals surface area contributed by atoms with Gasteiger partial charge in [0, 0.05) is 24.9 Å². The number of H-pyrrole nitrogens is 1. The fourth-order valence-corrected chi connectivity index (χ4v) is 3.97. The summed E-state index contributed by atoms with van der Waals surface area (Å²) >= 11 is 0. The number of carbonyl (C=O) groups is 4. The lowest BCUT2D eigenvalue weighted by Crippen LogP contribution is -2.57. The molecule has 33 heavy (non-hydrogen) atoms. The van der Waals surface area contributed by atoms with Gasteiger partial charge in [-0.25, -0.2) is 9.78 Å². The minimum atomic E-state index is -1.13. The Morgan fingerprint density at radius 2 is 1.94 bits per heavy atom. The van der Waals surface area contributed by atoms with Crippen LogP contribution in [0, 0.1) is 11.8 Å². The van der Waals surface area contributed by atoms with E-state index < -0.39 is 42.0 Å². The van der Waals surface area contributed by atoms with Gasteiger partial charge in [-0.3, -0.25) is 14.4 Å². The van der Waals surface area contributed by atoms with E-state index in [1.807, 2.05) is 13.8 Å². The number of hydrogen-bond donors (Lipinski definition) is 5. The zero-order chi connectivity index (χ0) is 24.7. The molecule has 11 heteroatoms. The Kier molecular flexibility index (Phi) is 9.39. The van der Waals surface area contributed by atoms with Crippen molar-refractivity contribution in [2.24, 2.45) is 17.6 Å². The molecule has 4 atom stereocenters. The second-order valence-corrected chi connectivity index (χ2v) is 9.34. The molecule has 1 saturated heterocycles. The third-order valence-electron chi connectivity index (χ3n) is 5.72. The van der Waals surface area contributed by atoms with E-state index in [1.54, 1.807) is 20.0 Å². The molecule has 1 aliphatic heterocycles. The minimum Gasteiger partial charge on any atom is -0.480 e. The molecule has 2 rings (SSSR count). The first-order valence-electron chi connectivity index (χ1n) is 11.4. The number of rotatable bonds is 11. The Labute approximate surface area is 193 Å². The highest BCUT2D eigenvalue weighted by molar-refractivity contribution is 5.94. The quantitative estimate of drug-likeness (QED) is 0.307. The summed E-state index contributed by atoms with van der Waals surface area (Å²) in [4.78, 5) is 58.6. The largest absolute Gasteiger partial charge is 0.480 e. The van der Waals surface area contributed by atoms with Crippen molar-refractivity contribution < 1.29 is 24.3 Å². The van der Waals surface area contributed by atoms with Crippen molar-refractivity contribution in [1.29, 1.82) is 0 Å². The van der Waals surface area contributed by atoms with Crippen molar-refractivity contribution in [2.75, 3.05) is 6.54 Å². The summed E-state index contributed by atoms with van der Waals surface area (Å²) in [6.45, 7) is 7.61. The molecule has 2 heterocycles. The van der Waals surface area contributed by atoms with E-state index in [-0.39, 0.29) is 24.2 Å². The molecule has 1 aromatic rings. The Bertz CT molecular complexity index is 825. The van der Waals surface area contributed by atoms with Crippen LogP contribution in [0.15, 0.2) is 12.5 Å². The number of carboxylic acids is 1. The lowest BCUT2D eigenvalue weighted by Gasteiger charge is -2.29. The topological polar surface area (TPSA) is 171 Å². The van der Waals surface area contributed by atoms with Crippen molar-refractivity contribution in [2.45, 2.75) is 77.5 Å². The normalized spacial score (nSPS) is 18.8. The Hall–Kier alpha value is -2.95. The van der Waals surface area contributed by atoms with Crippen LogP contribution in [0.4, 0.5) is 0 Å². The molecule has 1 aliphatic rings. The van der Waals surface area contributed by atoms with Gasteiger partial charge in [-0.1, -0.05) is 27.7 Å². The van der Waals surface area contributed by atoms with E-state index in [0.29, 0.717) is 25.8 Å². The summed E-state index contributed by atoms with van der Waals surface area (Å²) in [5, 5.41) is 14.7. The van der Waals surface area contributed by atoms with Crippen molar-refractivity contribution in [3.63, 3.8) is 0 Å². The molecular formula is C22H36N6O5. The predicted octanol–water partition coefficient (Wildman–Crippen LogP) is 0.0268. The van der Waals surface area contributed by atoms with E-state index in [0.717, 1.165) is 5.69 Å². The van der Waals surface area contributed by atoms with Gasteiger partial charge in [0.1, 0.15) is 18.1 Å². The Morgan fingerprint density at radius 3 is 2.48 bits per heavy atom. The number of carboxylic acid groups (broad SMARTS) is 1. The maximum absolute atomic E-state index is 13.1. The summed E-state index contributed by atoms with van der Waals surface area (Å²) in [7, 11) is 0. The fourth-order valence-electron chi connectivity index (χ4n) is 3.97. The number of nitrogens with zero attached hydrogens (tertiary/aromatic N) is 2. The van der Waals surface area contributed by atoms with Crippen molar-refractivity contribution in [1.82, 2.24) is 25.5 Å². The number of aromatic amines is 1. The van der Waals surface area contributed by atoms with E-state index >= 15 is 0 Å². The predicted molar refractivity (Wildman–Crippen MR) is 121 cm³/mol. The Balaban J connectivity index is 2.07. The first-order valence-corrected chi connectivity index (χ1v) is 11.4. The molecule has 1 fully saturated rings. The minimum absolute atomic E-state index is 0.0764. The first kappa shape index (κ1) is 26.3. The van der Waals surface area contributed by atoms with Gasteiger partial charge in [0.25, 0.3) is 0 Å². The second-order valence-electron chi connectivity index (χ2n) is 9.34. The van der Waals surface area contributed by atoms with E-state index in [1.165, 1.54) is 11.2 Å². The van der Waals surface area contributed by atoms with Crippen LogP contribution in [0.5, 0.6) is 0 Å². The van der Waals surface area contributed by atoms with E-state index in [4.69, 9.17) is 5.73 Å². The van der Waals surface area contributed by atoms with Gasteiger partial charge < -0.3 is 31.4 Å². The molecule has 0 radical (unpaired) electrons. The van der Waals surface area contributed by atoms with Crippen LogP contribution >= 0.6 is 0 Å². The number of nitrogens with one attached hydrogen (secondary N) is 3. The average Bonchev–Trinajstić information content (AvgIpc) is 3.41. The van der Waals surface area contributed by atoms with Crippen LogP contribution in [-0.2, 0) is 25.6 Å². The lowest BCUT2D eigenvalue weighted by molar-refractivity contribution is -0.144. The number of aromatic nitrogens is 2. The van der Waals surface area contributed by atoms with Gasteiger partial charge in [-0.2, -0.15) is 0 Å². The molecule has 0 spiro atoms. The Morgan fingerprint density at radius 1 is 1.24 bits per heavy atom. The number of hydrogen-bond acceptors (Lipinski definition) is 6. The second kappa shape index (κ2) is 11.8. The number of nitrogens with two attached hydrogens (primary N) is 1. The van der Waals surface area contributed by atoms with Crippen molar-refractivity contribution in [3.8, 4) is 0 Å². The maximum atomic E-state index is 13.1. The van der Waals surface area contributed by atoms with Gasteiger partial charge >= 0.3 is 5.97 Å². The number of imidazole rings is 1. The van der Waals surface area contributed by atoms with Gasteiger partial charge in [0.15, 0.2) is 0 Å². The van der Waals surface area contributed by atoms with Crippen LogP contribution in [0.25, 0.3) is 0 Å². The van der Waals surface area contributed by atoms with Gasteiger partial charge in [0.05, 0.1) is 12.4 Å². The molecule has 6 N–H and O–H groups in total. The number of likely N-dealkylation sites (tertiary alicyclic amines) is 1. The van der Waals surface area contributed by atoms with E-state index in [2.05, 4.69) is 20.6 Å². The highest BCUT2D eigenvalue weighted by atomic mass is 16.4. The molecule has 0 aromatic carbocycles. The molecule has 1 aromatic heterocycles. The average molecular weight is 465 g/mol. The SMILES string of the molecule is CC(C)CC(NC(=O)C1CCCN1C(=O)C(N)Cc1cnc[nH]1)C(=O)NC(C(=O)O)C(C)C. The van der Waals surface area contributed by atoms with Gasteiger partial charge in [-0.15, -0.1) is 0 Å². The smallest absolute Gasteiger partial charge is 0.326 e. The monoisotopic (exact) mass is 464 g/mol. The van der Waals surface area contributed by atoms with Crippen LogP contribution in [-0.4, -0.2) is 74.4 Å². The van der Waals surface area contributed by atoms with Crippen molar-refractivity contribution in [3.05, 3.63) is 18.2 Å². The highest BCUT2D eigenvalue weighted by Crippen LogP contribution is 2.20. The van der Waals surface area contributed by atoms with Crippen LogP contribution in [0.2, 0.25) is 0 Å². The summed E-state index contributed by atoms with van der Waals surface area (Å²) < 4.78 is 0. The number of carbonyl (C=O) groups excluding carboxylic acids is 3. The zero-order valence-corrected chi connectivity index (χ0v) is 19.7. The molecular weight excluding hydrogens is 428 g/mol. The van der Waals surface area contributed by atoms with E-state index in [9.17, 15) is 24.3 Å². The number of amides is 3. The summed E-state index contributed by atoms with van der Waals surface area (Å²) in [5.74, 6) is -2.70. The standard InChI is InChI=1S/C22H36N6O5/c1-12(2)8-16(19(29)27-18(13(3)4)22(32)33)26-20(30)17-6-5-7-28(17)21(31)15(23)9-14-10-24-11-25-14/h10-13,15-18H,5-9,23H2,1-4H3,(H,24,25)(H,26,30)(H,27,29)(H,32,33).